The van der Waals surface area contributed by atoms with Gasteiger partial charge in [0, 0.05) is 0 Å². The lowest BCUT2D eigenvalue weighted by Crippen LogP contribution is -1.66. The Morgan fingerprint density at radius 2 is 0.429 bits per heavy atom. The molecule has 0 aliphatic carbocycles. The van der Waals surface area contributed by atoms with Crippen LogP contribution in [0, 0.1) is 5.92 Å². The van der Waals surface area contributed by atoms with E-state index in [4.69, 9.17) is 0 Å². The summed E-state index contributed by atoms with van der Waals surface area (Å²) in [6.07, 6.45) is 0. The zero-order valence-corrected chi connectivity index (χ0v) is 11.6. The molecular weight excluding hydrogens is 168 g/mol. The van der Waals surface area contributed by atoms with Crippen LogP contribution in [0.5, 0.6) is 0 Å². The highest BCUT2D eigenvalue weighted by Gasteiger charge is 1.68. The van der Waals surface area contributed by atoms with E-state index in [1.54, 1.807) is 0 Å². The molecule has 0 spiro atoms. The van der Waals surface area contributed by atoms with E-state index in [2.05, 4.69) is 20.8 Å². The summed E-state index contributed by atoms with van der Waals surface area (Å²) in [6, 6.07) is 0. The van der Waals surface area contributed by atoms with Crippen LogP contribution in [0.2, 0.25) is 0 Å². The minimum absolute atomic E-state index is 0. The molecule has 0 radical (unpaired) electrons. The Bertz CT molecular complexity index is 4.75. The maximum absolute atomic E-state index is 2.17. The second-order valence-corrected chi connectivity index (χ2v) is 1.73. The first-order chi connectivity index (χ1) is 5.73. The lowest BCUT2D eigenvalue weighted by atomic mass is 10.3. The summed E-state index contributed by atoms with van der Waals surface area (Å²) in [5.41, 5.74) is 0. The molecule has 0 saturated heterocycles. The van der Waals surface area contributed by atoms with Gasteiger partial charge in [0.2, 0.25) is 0 Å². The van der Waals surface area contributed by atoms with Gasteiger partial charge < -0.3 is 0 Å². The average Bonchev–Trinajstić information content (AvgIpc) is 2.16. The van der Waals surface area contributed by atoms with Gasteiger partial charge in [-0.1, -0.05) is 91.0 Å². The van der Waals surface area contributed by atoms with Crippen molar-refractivity contribution in [2.24, 2.45) is 5.92 Å². The normalized spacial score (nSPS) is 4.29. The Labute approximate surface area is 97.5 Å². The molecule has 0 aromatic carbocycles. The summed E-state index contributed by atoms with van der Waals surface area (Å²) in [6.45, 7) is 22.5. The fourth-order valence-corrected chi connectivity index (χ4v) is 0. The zero-order chi connectivity index (χ0) is 11.6. The van der Waals surface area contributed by atoms with Crippen molar-refractivity contribution in [1.82, 2.24) is 0 Å². The van der Waals surface area contributed by atoms with Gasteiger partial charge in [-0.05, 0) is 5.92 Å². The van der Waals surface area contributed by atoms with Crippen LogP contribution in [0.15, 0.2) is 0 Å². The highest BCUT2D eigenvalue weighted by molar-refractivity contribution is 4.20. The minimum atomic E-state index is 0. The molecule has 0 aliphatic heterocycles. The van der Waals surface area contributed by atoms with Crippen molar-refractivity contribution in [3.63, 3.8) is 0 Å². The van der Waals surface area contributed by atoms with Crippen LogP contribution >= 0.6 is 0 Å². The maximum Gasteiger partial charge on any atom is -0.0500 e. The van der Waals surface area contributed by atoms with E-state index in [0.717, 1.165) is 5.92 Å². The molecule has 0 N–H and O–H groups in total. The van der Waals surface area contributed by atoms with Gasteiger partial charge in [-0.15, -0.1) is 0 Å². The summed E-state index contributed by atoms with van der Waals surface area (Å²) in [5.74, 6) is 0.833. The van der Waals surface area contributed by atoms with Gasteiger partial charge in [0.25, 0.3) is 0 Å². The van der Waals surface area contributed by atoms with Crippen molar-refractivity contribution >= 4 is 0 Å². The number of hydrogen-bond donors (Lipinski definition) is 0. The molecule has 0 aromatic heterocycles. The quantitative estimate of drug-likeness (QED) is 0.402. The van der Waals surface area contributed by atoms with Gasteiger partial charge in [-0.25, -0.2) is 0 Å². The zero-order valence-electron chi connectivity index (χ0n) is 11.6. The molecular formula is C14H42. The fraction of sp³-hybridized carbons (Fsp3) is 1.00. The second-order valence-electron chi connectivity index (χ2n) is 1.73. The van der Waals surface area contributed by atoms with Crippen LogP contribution in [-0.2, 0) is 0 Å². The first-order valence-corrected chi connectivity index (χ1v) is 5.73. The van der Waals surface area contributed by atoms with Crippen LogP contribution in [-0.4, -0.2) is 0 Å². The topological polar surface area (TPSA) is 0 Å². The summed E-state index contributed by atoms with van der Waals surface area (Å²) >= 11 is 0. The SMILES string of the molecule is C.C.CC.CC.CC.CC.CC(C)C. The fourth-order valence-electron chi connectivity index (χ4n) is 0. The molecule has 0 rings (SSSR count). The molecule has 0 heterocycles. The van der Waals surface area contributed by atoms with E-state index in [9.17, 15) is 0 Å². The predicted molar refractivity (Wildman–Crippen MR) is 79.4 cm³/mol. The molecule has 0 aromatic rings. The lowest BCUT2D eigenvalue weighted by Gasteiger charge is -1.79. The molecule has 98 valence electrons. The van der Waals surface area contributed by atoms with Crippen molar-refractivity contribution in [2.75, 3.05) is 0 Å². The smallest absolute Gasteiger partial charge is 0.0500 e. The van der Waals surface area contributed by atoms with E-state index in [1.807, 2.05) is 55.4 Å². The van der Waals surface area contributed by atoms with E-state index in [-0.39, 0.29) is 14.9 Å². The third kappa shape index (κ3) is 0. The van der Waals surface area contributed by atoms with E-state index in [1.165, 1.54) is 0 Å². The van der Waals surface area contributed by atoms with Crippen molar-refractivity contribution in [1.29, 1.82) is 0 Å². The third-order valence-electron chi connectivity index (χ3n) is 0. The Hall–Kier alpha value is 0. The number of hydrogen-bond acceptors (Lipinski definition) is 0. The third-order valence-corrected chi connectivity index (χ3v) is 0. The van der Waals surface area contributed by atoms with E-state index in [0.29, 0.717) is 0 Å². The molecule has 0 nitrogen and oxygen atoms in total. The van der Waals surface area contributed by atoms with Crippen molar-refractivity contribution in [3.05, 3.63) is 0 Å². The van der Waals surface area contributed by atoms with Gasteiger partial charge in [0.05, 0.1) is 0 Å². The van der Waals surface area contributed by atoms with Crippen LogP contribution in [0.3, 0.4) is 0 Å². The Kier molecular flexibility index (Phi) is 717. The van der Waals surface area contributed by atoms with Gasteiger partial charge in [-0.3, -0.25) is 0 Å². The molecule has 0 heteroatoms. The van der Waals surface area contributed by atoms with Gasteiger partial charge in [0.15, 0.2) is 0 Å². The largest absolute Gasteiger partial charge is 0.0776 e. The second kappa shape index (κ2) is 208. The Balaban J connectivity index is -0.00000000887. The predicted octanol–water partition coefficient (Wildman–Crippen LogP) is 7.04. The van der Waals surface area contributed by atoms with Gasteiger partial charge in [0.1, 0.15) is 0 Å². The lowest BCUT2D eigenvalue weighted by molar-refractivity contribution is 0.737. The van der Waals surface area contributed by atoms with Crippen LogP contribution in [0.4, 0.5) is 0 Å². The van der Waals surface area contributed by atoms with E-state index >= 15 is 0 Å². The highest BCUT2D eigenvalue weighted by Crippen LogP contribution is 1.81. The Morgan fingerprint density at radius 3 is 0.429 bits per heavy atom. The molecule has 0 fully saturated rings. The molecule has 0 unspecified atom stereocenters. The first-order valence-electron chi connectivity index (χ1n) is 5.73. The van der Waals surface area contributed by atoms with Crippen molar-refractivity contribution < 1.29 is 0 Å². The maximum atomic E-state index is 2.17. The molecule has 0 atom stereocenters. The van der Waals surface area contributed by atoms with Crippen molar-refractivity contribution in [2.45, 2.75) is 91.0 Å². The van der Waals surface area contributed by atoms with Crippen molar-refractivity contribution in [3.8, 4) is 0 Å². The van der Waals surface area contributed by atoms with Gasteiger partial charge >= 0.3 is 0 Å². The summed E-state index contributed by atoms with van der Waals surface area (Å²) in [5, 5.41) is 0. The molecule has 0 amide bonds. The summed E-state index contributed by atoms with van der Waals surface area (Å²) in [7, 11) is 0. The first kappa shape index (κ1) is 48.3. The standard InChI is InChI=1S/C4H10.4C2H6.2CH4/c1-4(2)3;4*1-2;;/h4H,1-3H3;4*1-2H3;2*1H4. The molecule has 14 heavy (non-hydrogen) atoms. The van der Waals surface area contributed by atoms with E-state index < -0.39 is 0 Å². The summed E-state index contributed by atoms with van der Waals surface area (Å²) < 4.78 is 0. The summed E-state index contributed by atoms with van der Waals surface area (Å²) in [4.78, 5) is 0. The monoisotopic (exact) mass is 210 g/mol. The highest BCUT2D eigenvalue weighted by atomic mass is 13.7. The van der Waals surface area contributed by atoms with Crippen LogP contribution < -0.4 is 0 Å². The minimum Gasteiger partial charge on any atom is -0.0776 e. The van der Waals surface area contributed by atoms with Crippen LogP contribution in [0.1, 0.15) is 91.0 Å². The molecule has 0 aliphatic rings. The Morgan fingerprint density at radius 1 is 0.429 bits per heavy atom. The molecule has 0 bridgehead atoms. The molecule has 0 saturated carbocycles. The van der Waals surface area contributed by atoms with Gasteiger partial charge in [-0.2, -0.15) is 0 Å². The average molecular weight is 210 g/mol. The number of rotatable bonds is 0. The van der Waals surface area contributed by atoms with Crippen LogP contribution in [0.25, 0.3) is 0 Å².